The average molecular weight is 465 g/mol. The minimum atomic E-state index is 0. The first-order chi connectivity index (χ1) is 11.1. The third-order valence-corrected chi connectivity index (χ3v) is 4.85. The fourth-order valence-corrected chi connectivity index (χ4v) is 3.49. The molecular formula is C16H28IN5OS. The summed E-state index contributed by atoms with van der Waals surface area (Å²) >= 11 is 1.70. The molecule has 0 bridgehead atoms. The number of carbonyl (C=O) groups excluding carboxylic acids is 1. The number of nitrogens with zero attached hydrogens (tertiary/aromatic N) is 3. The lowest BCUT2D eigenvalue weighted by molar-refractivity contribution is -0.127. The van der Waals surface area contributed by atoms with Crippen LogP contribution in [-0.2, 0) is 11.3 Å². The fraction of sp³-hybridized carbons (Fsp3) is 0.688. The summed E-state index contributed by atoms with van der Waals surface area (Å²) in [4.78, 5) is 23.8. The summed E-state index contributed by atoms with van der Waals surface area (Å²) in [6.45, 7) is 10.2. The number of likely N-dealkylation sites (tertiary alicyclic amines) is 1. The van der Waals surface area contributed by atoms with E-state index in [2.05, 4.69) is 27.5 Å². The number of aliphatic imine (C=N–C) groups is 1. The number of carbonyl (C=O) groups is 1. The Balaban J connectivity index is 0.00000288. The Kier molecular flexibility index (Phi) is 9.57. The standard InChI is InChI=1S/C16H27N5OS.HI/c1-4-17-16(19-11-14-12(2)20-13(3)23-14)18-8-6-10-21-9-5-7-15(21)22;/h4-11H2,1-3H3,(H2,17,18,19);1H. The van der Waals surface area contributed by atoms with Gasteiger partial charge in [-0.05, 0) is 33.6 Å². The number of aromatic nitrogens is 1. The fourth-order valence-electron chi connectivity index (χ4n) is 2.63. The number of halogens is 1. The summed E-state index contributed by atoms with van der Waals surface area (Å²) in [5.74, 6) is 1.12. The molecule has 6 nitrogen and oxygen atoms in total. The molecule has 0 aliphatic carbocycles. The average Bonchev–Trinajstić information content (AvgIpc) is 3.06. The van der Waals surface area contributed by atoms with Crippen LogP contribution in [0.4, 0.5) is 0 Å². The van der Waals surface area contributed by atoms with Crippen LogP contribution in [0.5, 0.6) is 0 Å². The van der Waals surface area contributed by atoms with Crippen molar-refractivity contribution in [2.45, 2.75) is 46.6 Å². The van der Waals surface area contributed by atoms with E-state index in [4.69, 9.17) is 0 Å². The van der Waals surface area contributed by atoms with Crippen LogP contribution >= 0.6 is 35.3 Å². The summed E-state index contributed by atoms with van der Waals surface area (Å²) in [5.41, 5.74) is 1.07. The van der Waals surface area contributed by atoms with Crippen molar-refractivity contribution in [1.29, 1.82) is 0 Å². The number of amides is 1. The number of aryl methyl sites for hydroxylation is 2. The summed E-state index contributed by atoms with van der Waals surface area (Å²) in [6, 6.07) is 0. The number of nitrogens with one attached hydrogen (secondary N) is 2. The van der Waals surface area contributed by atoms with Gasteiger partial charge in [-0.25, -0.2) is 9.98 Å². The summed E-state index contributed by atoms with van der Waals surface area (Å²) < 4.78 is 0. The van der Waals surface area contributed by atoms with Crippen LogP contribution in [0.3, 0.4) is 0 Å². The monoisotopic (exact) mass is 465 g/mol. The van der Waals surface area contributed by atoms with E-state index in [-0.39, 0.29) is 24.0 Å². The molecule has 1 aromatic heterocycles. The molecule has 0 saturated carbocycles. The second-order valence-electron chi connectivity index (χ2n) is 5.70. The Hall–Kier alpha value is -0.900. The maximum atomic E-state index is 11.6. The molecular weight excluding hydrogens is 437 g/mol. The van der Waals surface area contributed by atoms with Crippen molar-refractivity contribution in [2.75, 3.05) is 26.2 Å². The molecule has 1 aliphatic heterocycles. The maximum Gasteiger partial charge on any atom is 0.222 e. The highest BCUT2D eigenvalue weighted by molar-refractivity contribution is 14.0. The van der Waals surface area contributed by atoms with Crippen molar-refractivity contribution >= 4 is 47.2 Å². The largest absolute Gasteiger partial charge is 0.357 e. The van der Waals surface area contributed by atoms with Gasteiger partial charge in [0.1, 0.15) is 0 Å². The van der Waals surface area contributed by atoms with Gasteiger partial charge in [0.05, 0.1) is 17.2 Å². The van der Waals surface area contributed by atoms with Gasteiger partial charge in [-0.1, -0.05) is 0 Å². The predicted octanol–water partition coefficient (Wildman–Crippen LogP) is 2.45. The number of hydrogen-bond donors (Lipinski definition) is 2. The minimum Gasteiger partial charge on any atom is -0.357 e. The van der Waals surface area contributed by atoms with Gasteiger partial charge < -0.3 is 15.5 Å². The molecule has 0 atom stereocenters. The van der Waals surface area contributed by atoms with Gasteiger partial charge in [-0.3, -0.25) is 4.79 Å². The van der Waals surface area contributed by atoms with Crippen LogP contribution in [0, 0.1) is 13.8 Å². The molecule has 8 heteroatoms. The first-order valence-electron chi connectivity index (χ1n) is 8.33. The Labute approximate surface area is 165 Å². The van der Waals surface area contributed by atoms with Crippen LogP contribution < -0.4 is 10.6 Å². The summed E-state index contributed by atoms with van der Waals surface area (Å²) in [6.07, 6.45) is 2.66. The van der Waals surface area contributed by atoms with Gasteiger partial charge in [0.25, 0.3) is 0 Å². The third-order valence-electron chi connectivity index (χ3n) is 3.79. The summed E-state index contributed by atoms with van der Waals surface area (Å²) in [5, 5.41) is 7.68. The van der Waals surface area contributed by atoms with E-state index >= 15 is 0 Å². The van der Waals surface area contributed by atoms with Gasteiger partial charge in [0.15, 0.2) is 5.96 Å². The molecule has 1 aromatic rings. The van der Waals surface area contributed by atoms with Gasteiger partial charge in [0, 0.05) is 37.5 Å². The molecule has 136 valence electrons. The number of thiazole rings is 1. The lowest BCUT2D eigenvalue weighted by Gasteiger charge is -2.16. The van der Waals surface area contributed by atoms with Crippen molar-refractivity contribution in [3.63, 3.8) is 0 Å². The highest BCUT2D eigenvalue weighted by atomic mass is 127. The SMILES string of the molecule is CCNC(=NCc1sc(C)nc1C)NCCCN1CCCC1=O.I. The van der Waals surface area contributed by atoms with Crippen LogP contribution in [0.2, 0.25) is 0 Å². The van der Waals surface area contributed by atoms with Crippen LogP contribution in [0.25, 0.3) is 0 Å². The lowest BCUT2D eigenvalue weighted by atomic mass is 10.4. The first-order valence-corrected chi connectivity index (χ1v) is 9.14. The number of hydrogen-bond acceptors (Lipinski definition) is 4. The van der Waals surface area contributed by atoms with E-state index in [9.17, 15) is 4.79 Å². The molecule has 2 N–H and O–H groups in total. The van der Waals surface area contributed by atoms with Crippen molar-refractivity contribution < 1.29 is 4.79 Å². The van der Waals surface area contributed by atoms with Crippen LogP contribution in [0.15, 0.2) is 4.99 Å². The molecule has 1 amide bonds. The Morgan fingerprint density at radius 1 is 1.38 bits per heavy atom. The normalized spacial score (nSPS) is 14.7. The zero-order valence-corrected chi connectivity index (χ0v) is 17.9. The third kappa shape index (κ3) is 6.54. The topological polar surface area (TPSA) is 69.6 Å². The van der Waals surface area contributed by atoms with Gasteiger partial charge >= 0.3 is 0 Å². The smallest absolute Gasteiger partial charge is 0.222 e. The molecule has 1 fully saturated rings. The number of guanidine groups is 1. The van der Waals surface area contributed by atoms with Crippen LogP contribution in [0.1, 0.15) is 41.8 Å². The second kappa shape index (κ2) is 10.9. The van der Waals surface area contributed by atoms with E-state index in [0.29, 0.717) is 18.9 Å². The predicted molar refractivity (Wildman–Crippen MR) is 110 cm³/mol. The van der Waals surface area contributed by atoms with Crippen molar-refractivity contribution in [1.82, 2.24) is 20.5 Å². The van der Waals surface area contributed by atoms with E-state index in [1.165, 1.54) is 4.88 Å². The van der Waals surface area contributed by atoms with E-state index in [1.54, 1.807) is 11.3 Å². The van der Waals surface area contributed by atoms with E-state index in [0.717, 1.165) is 55.7 Å². The first kappa shape index (κ1) is 21.1. The van der Waals surface area contributed by atoms with Crippen molar-refractivity contribution in [3.8, 4) is 0 Å². The molecule has 1 saturated heterocycles. The molecule has 2 heterocycles. The second-order valence-corrected chi connectivity index (χ2v) is 6.99. The van der Waals surface area contributed by atoms with Gasteiger partial charge in [-0.15, -0.1) is 35.3 Å². The molecule has 24 heavy (non-hydrogen) atoms. The Morgan fingerprint density at radius 2 is 2.17 bits per heavy atom. The van der Waals surface area contributed by atoms with Gasteiger partial charge in [-0.2, -0.15) is 0 Å². The molecule has 0 aromatic carbocycles. The highest BCUT2D eigenvalue weighted by Crippen LogP contribution is 2.17. The molecule has 0 radical (unpaired) electrons. The Bertz CT molecular complexity index is 561. The van der Waals surface area contributed by atoms with Gasteiger partial charge in [0.2, 0.25) is 5.91 Å². The zero-order chi connectivity index (χ0) is 16.7. The quantitative estimate of drug-likeness (QED) is 0.281. The Morgan fingerprint density at radius 3 is 2.75 bits per heavy atom. The molecule has 2 rings (SSSR count). The van der Waals surface area contributed by atoms with E-state index in [1.807, 2.05) is 18.7 Å². The minimum absolute atomic E-state index is 0. The highest BCUT2D eigenvalue weighted by Gasteiger charge is 2.18. The van der Waals surface area contributed by atoms with Crippen LogP contribution in [-0.4, -0.2) is 47.9 Å². The molecule has 0 unspecified atom stereocenters. The van der Waals surface area contributed by atoms with E-state index < -0.39 is 0 Å². The van der Waals surface area contributed by atoms with Crippen molar-refractivity contribution in [3.05, 3.63) is 15.6 Å². The summed E-state index contributed by atoms with van der Waals surface area (Å²) in [7, 11) is 0. The van der Waals surface area contributed by atoms with Crippen molar-refractivity contribution in [2.24, 2.45) is 4.99 Å². The lowest BCUT2D eigenvalue weighted by Crippen LogP contribution is -2.39. The zero-order valence-electron chi connectivity index (χ0n) is 14.7. The molecule has 0 spiro atoms. The maximum absolute atomic E-state index is 11.6. The molecule has 1 aliphatic rings. The number of rotatable bonds is 7.